The van der Waals surface area contributed by atoms with Crippen LogP contribution in [0.3, 0.4) is 0 Å². The van der Waals surface area contributed by atoms with Crippen LogP contribution in [-0.4, -0.2) is 23.8 Å². The van der Waals surface area contributed by atoms with Crippen LogP contribution < -0.4 is 11.1 Å². The Kier molecular flexibility index (Phi) is 8.81. The summed E-state index contributed by atoms with van der Waals surface area (Å²) in [7, 11) is 0. The summed E-state index contributed by atoms with van der Waals surface area (Å²) in [5.74, 6) is -0.379. The standard InChI is InChI=1S/C17H18N2OS.C7H7NO.C6H12/c1-17-7-8-19(11-20)16(17)13-4-2-3-5-14(13)18-15(17)12-6-9-21-10-12;8-7(9)6-4-2-1-3-5-6;1-2-4-6-5-3-1/h2-6,9-11,15-16,18H,7-8H2,1H3;1-5H,(H2,8,9);1-6H2/t15?,16?,17-;;/m0../s1. The zero-order chi connectivity index (χ0) is 25.4. The lowest BCUT2D eigenvalue weighted by atomic mass is 9.68. The number of benzene rings is 2. The van der Waals surface area contributed by atoms with Crippen LogP contribution in [-0.2, 0) is 4.79 Å². The van der Waals surface area contributed by atoms with E-state index < -0.39 is 0 Å². The molecule has 3 atom stereocenters. The number of hydrogen-bond donors (Lipinski definition) is 2. The van der Waals surface area contributed by atoms with Gasteiger partial charge in [0.2, 0.25) is 12.3 Å². The third-order valence-corrected chi connectivity index (χ3v) is 8.35. The van der Waals surface area contributed by atoms with Gasteiger partial charge in [-0.05, 0) is 52.6 Å². The highest BCUT2D eigenvalue weighted by Gasteiger charge is 2.53. The lowest BCUT2D eigenvalue weighted by Gasteiger charge is -2.46. The van der Waals surface area contributed by atoms with E-state index in [-0.39, 0.29) is 23.4 Å². The van der Waals surface area contributed by atoms with Gasteiger partial charge in [0.05, 0.1) is 12.1 Å². The average Bonchev–Trinajstić information content (AvgIpc) is 3.59. The predicted molar refractivity (Wildman–Crippen MR) is 148 cm³/mol. The Bertz CT molecular complexity index is 1100. The number of amides is 2. The van der Waals surface area contributed by atoms with Crippen LogP contribution >= 0.6 is 11.3 Å². The van der Waals surface area contributed by atoms with E-state index in [1.54, 1.807) is 35.6 Å². The van der Waals surface area contributed by atoms with Crippen LogP contribution in [0.2, 0.25) is 0 Å². The topological polar surface area (TPSA) is 75.4 Å². The molecule has 0 spiro atoms. The number of carbonyl (C=O) groups is 2. The SMILES string of the molecule is C1CCCCC1.C[C@@]12CCN(C=O)C1c1ccccc1NC2c1ccsc1.NC(=O)c1ccccc1. The quantitative estimate of drug-likeness (QED) is 0.380. The van der Waals surface area contributed by atoms with Gasteiger partial charge >= 0.3 is 0 Å². The lowest BCUT2D eigenvalue weighted by Crippen LogP contribution is -2.41. The second-order valence-electron chi connectivity index (χ2n) is 10.1. The number of hydrogen-bond acceptors (Lipinski definition) is 4. The molecule has 6 rings (SSSR count). The number of nitrogens with one attached hydrogen (secondary N) is 1. The second kappa shape index (κ2) is 12.2. The normalized spacial score (nSPS) is 24.0. The summed E-state index contributed by atoms with van der Waals surface area (Å²) in [6.45, 7) is 3.15. The second-order valence-corrected chi connectivity index (χ2v) is 10.9. The molecule has 1 saturated heterocycles. The van der Waals surface area contributed by atoms with E-state index in [0.29, 0.717) is 5.56 Å². The number of fused-ring (bicyclic) bond motifs is 3. The summed E-state index contributed by atoms with van der Waals surface area (Å²) in [4.78, 5) is 23.9. The van der Waals surface area contributed by atoms with Gasteiger partial charge in [0.25, 0.3) is 0 Å². The van der Waals surface area contributed by atoms with Crippen LogP contribution in [0.5, 0.6) is 0 Å². The van der Waals surface area contributed by atoms with Gasteiger partial charge in [0.1, 0.15) is 0 Å². The van der Waals surface area contributed by atoms with Crippen molar-refractivity contribution in [2.75, 3.05) is 11.9 Å². The number of carbonyl (C=O) groups excluding carboxylic acids is 2. The number of anilines is 1. The van der Waals surface area contributed by atoms with Crippen molar-refractivity contribution in [2.24, 2.45) is 11.1 Å². The Morgan fingerprint density at radius 2 is 1.64 bits per heavy atom. The van der Waals surface area contributed by atoms with Gasteiger partial charge in [-0.3, -0.25) is 9.59 Å². The third kappa shape index (κ3) is 5.81. The van der Waals surface area contributed by atoms with E-state index >= 15 is 0 Å². The maximum Gasteiger partial charge on any atom is 0.248 e. The van der Waals surface area contributed by atoms with Gasteiger partial charge in [-0.1, -0.05) is 81.8 Å². The predicted octanol–water partition coefficient (Wildman–Crippen LogP) is 6.95. The van der Waals surface area contributed by atoms with Gasteiger partial charge in [-0.15, -0.1) is 0 Å². The molecule has 2 aliphatic heterocycles. The first-order valence-electron chi connectivity index (χ1n) is 13.0. The number of rotatable bonds is 3. The summed E-state index contributed by atoms with van der Waals surface area (Å²) in [5.41, 5.74) is 9.30. The Balaban J connectivity index is 0.000000166. The minimum atomic E-state index is -0.379. The number of para-hydroxylation sites is 1. The minimum Gasteiger partial charge on any atom is -0.377 e. The first kappa shape index (κ1) is 26.0. The molecular weight excluding hydrogens is 466 g/mol. The van der Waals surface area contributed by atoms with Gasteiger partial charge in [0, 0.05) is 23.2 Å². The van der Waals surface area contributed by atoms with Gasteiger partial charge in [-0.25, -0.2) is 0 Å². The summed E-state index contributed by atoms with van der Waals surface area (Å²) >= 11 is 1.73. The van der Waals surface area contributed by atoms with E-state index in [0.717, 1.165) is 25.1 Å². The average molecular weight is 504 g/mol. The first-order chi connectivity index (χ1) is 17.5. The van der Waals surface area contributed by atoms with E-state index in [4.69, 9.17) is 5.73 Å². The van der Waals surface area contributed by atoms with Crippen LogP contribution in [0.1, 0.15) is 85.4 Å². The zero-order valence-electron chi connectivity index (χ0n) is 21.1. The van der Waals surface area contributed by atoms with Crippen molar-refractivity contribution in [1.29, 1.82) is 0 Å². The molecule has 3 N–H and O–H groups in total. The molecule has 5 nitrogen and oxygen atoms in total. The fourth-order valence-corrected chi connectivity index (χ4v) is 6.40. The fourth-order valence-electron chi connectivity index (χ4n) is 5.72. The summed E-state index contributed by atoms with van der Waals surface area (Å²) in [5, 5.41) is 8.07. The molecule has 3 aliphatic rings. The van der Waals surface area contributed by atoms with E-state index in [1.165, 1.54) is 49.7 Å². The van der Waals surface area contributed by atoms with E-state index in [9.17, 15) is 9.59 Å². The maximum atomic E-state index is 11.5. The third-order valence-electron chi connectivity index (χ3n) is 7.65. The maximum absolute atomic E-state index is 11.5. The monoisotopic (exact) mass is 503 g/mol. The minimum absolute atomic E-state index is 0.0380. The first-order valence-corrected chi connectivity index (χ1v) is 13.9. The number of thiophene rings is 1. The van der Waals surface area contributed by atoms with Gasteiger partial charge < -0.3 is 16.0 Å². The molecule has 1 aliphatic carbocycles. The van der Waals surface area contributed by atoms with Crippen molar-refractivity contribution >= 4 is 29.3 Å². The molecule has 0 bridgehead atoms. The molecule has 36 heavy (non-hydrogen) atoms. The molecule has 3 heterocycles. The number of likely N-dealkylation sites (tertiary alicyclic amines) is 1. The van der Waals surface area contributed by atoms with E-state index in [1.807, 2.05) is 11.0 Å². The number of nitrogens with zero attached hydrogens (tertiary/aromatic N) is 1. The summed E-state index contributed by atoms with van der Waals surface area (Å²) in [6.07, 6.45) is 11.0. The fraction of sp³-hybridized carbons (Fsp3) is 0.400. The molecule has 2 unspecified atom stereocenters. The highest BCUT2D eigenvalue weighted by atomic mass is 32.1. The molecule has 2 aromatic carbocycles. The Morgan fingerprint density at radius 3 is 2.19 bits per heavy atom. The molecular formula is C30H37N3O2S. The van der Waals surface area contributed by atoms with Crippen molar-refractivity contribution in [3.8, 4) is 0 Å². The van der Waals surface area contributed by atoms with Crippen molar-refractivity contribution in [3.05, 3.63) is 88.1 Å². The summed E-state index contributed by atoms with van der Waals surface area (Å²) < 4.78 is 0. The molecule has 1 aromatic heterocycles. The van der Waals surface area contributed by atoms with E-state index in [2.05, 4.69) is 53.3 Å². The molecule has 1 saturated carbocycles. The number of primary amides is 1. The van der Waals surface area contributed by atoms with Crippen molar-refractivity contribution in [2.45, 2.75) is 64.0 Å². The van der Waals surface area contributed by atoms with Gasteiger partial charge in [-0.2, -0.15) is 11.3 Å². The van der Waals surface area contributed by atoms with Crippen LogP contribution in [0.4, 0.5) is 5.69 Å². The molecule has 2 amide bonds. The van der Waals surface area contributed by atoms with Crippen molar-refractivity contribution in [3.63, 3.8) is 0 Å². The van der Waals surface area contributed by atoms with Crippen molar-refractivity contribution in [1.82, 2.24) is 4.90 Å². The lowest BCUT2D eigenvalue weighted by molar-refractivity contribution is -0.120. The molecule has 2 fully saturated rings. The summed E-state index contributed by atoms with van der Waals surface area (Å²) in [6, 6.07) is 19.8. The molecule has 0 radical (unpaired) electrons. The number of nitrogens with two attached hydrogens (primary N) is 1. The van der Waals surface area contributed by atoms with Crippen molar-refractivity contribution < 1.29 is 9.59 Å². The smallest absolute Gasteiger partial charge is 0.248 e. The highest BCUT2D eigenvalue weighted by Crippen LogP contribution is 2.59. The van der Waals surface area contributed by atoms with Gasteiger partial charge in [0.15, 0.2) is 0 Å². The molecule has 3 aromatic rings. The Morgan fingerprint density at radius 1 is 1.00 bits per heavy atom. The highest BCUT2D eigenvalue weighted by molar-refractivity contribution is 7.08. The van der Waals surface area contributed by atoms with Crippen LogP contribution in [0.25, 0.3) is 0 Å². The van der Waals surface area contributed by atoms with Crippen LogP contribution in [0.15, 0.2) is 71.4 Å². The van der Waals surface area contributed by atoms with Crippen LogP contribution in [0, 0.1) is 5.41 Å². The molecule has 6 heteroatoms. The Labute approximate surface area is 218 Å². The zero-order valence-corrected chi connectivity index (χ0v) is 21.9. The molecule has 190 valence electrons. The Hall–Kier alpha value is -3.12. The largest absolute Gasteiger partial charge is 0.377 e.